The predicted octanol–water partition coefficient (Wildman–Crippen LogP) is 2.66. The number of unbranched alkanes of at least 4 members (excludes halogenated alkanes) is 1. The highest BCUT2D eigenvalue weighted by Gasteiger charge is 2.11. The summed E-state index contributed by atoms with van der Waals surface area (Å²) < 4.78 is 18.7. The molecule has 0 saturated heterocycles. The van der Waals surface area contributed by atoms with Crippen LogP contribution in [0, 0.1) is 5.82 Å². The molecule has 0 aromatic heterocycles. The minimum atomic E-state index is -0.544. The summed E-state index contributed by atoms with van der Waals surface area (Å²) in [5.41, 5.74) is 0.0102. The number of carbonyl (C=O) groups excluding carboxylic acids is 1. The second kappa shape index (κ2) is 8.11. The fourth-order valence-electron chi connectivity index (χ4n) is 1.37. The summed E-state index contributed by atoms with van der Waals surface area (Å²) in [4.78, 5) is 12.2. The molecule has 0 heterocycles. The standard InChI is InChI=1S/C13H18FNO2S/c1-2-3-7-17-8-6-15-13(16)11-9-10(18)4-5-12(11)14/h4-5,9,18H,2-3,6-8H2,1H3,(H,15,16). The average molecular weight is 271 g/mol. The van der Waals surface area contributed by atoms with Crippen LogP contribution in [0.4, 0.5) is 4.39 Å². The van der Waals surface area contributed by atoms with Crippen molar-refractivity contribution in [1.82, 2.24) is 5.32 Å². The van der Waals surface area contributed by atoms with Crippen molar-refractivity contribution in [3.8, 4) is 0 Å². The first-order chi connectivity index (χ1) is 8.65. The third-order valence-electron chi connectivity index (χ3n) is 2.37. The quantitative estimate of drug-likeness (QED) is 0.591. The van der Waals surface area contributed by atoms with Gasteiger partial charge >= 0.3 is 0 Å². The number of rotatable bonds is 7. The molecule has 0 bridgehead atoms. The summed E-state index contributed by atoms with van der Waals surface area (Å²) >= 11 is 4.07. The number of hydrogen-bond acceptors (Lipinski definition) is 3. The van der Waals surface area contributed by atoms with Gasteiger partial charge in [-0.1, -0.05) is 13.3 Å². The molecule has 0 saturated carbocycles. The Hall–Kier alpha value is -1.07. The Morgan fingerprint density at radius 2 is 2.22 bits per heavy atom. The largest absolute Gasteiger partial charge is 0.380 e. The number of hydrogen-bond donors (Lipinski definition) is 2. The van der Waals surface area contributed by atoms with Crippen LogP contribution in [-0.4, -0.2) is 25.7 Å². The summed E-state index contributed by atoms with van der Waals surface area (Å²) in [5.74, 6) is -0.986. The van der Waals surface area contributed by atoms with Crippen LogP contribution >= 0.6 is 12.6 Å². The van der Waals surface area contributed by atoms with E-state index in [0.717, 1.165) is 12.8 Å². The van der Waals surface area contributed by atoms with Crippen LogP contribution in [-0.2, 0) is 4.74 Å². The highest BCUT2D eigenvalue weighted by atomic mass is 32.1. The van der Waals surface area contributed by atoms with Gasteiger partial charge in [0.25, 0.3) is 5.91 Å². The molecule has 0 aliphatic heterocycles. The molecular formula is C13H18FNO2S. The molecule has 1 amide bonds. The lowest BCUT2D eigenvalue weighted by Gasteiger charge is -2.07. The molecule has 1 aromatic carbocycles. The third kappa shape index (κ3) is 5.06. The van der Waals surface area contributed by atoms with Gasteiger partial charge in [0.2, 0.25) is 0 Å². The van der Waals surface area contributed by atoms with E-state index < -0.39 is 11.7 Å². The molecule has 18 heavy (non-hydrogen) atoms. The summed E-state index contributed by atoms with van der Waals surface area (Å²) in [6, 6.07) is 4.14. The molecule has 0 atom stereocenters. The average Bonchev–Trinajstić information content (AvgIpc) is 2.36. The molecule has 0 aliphatic carbocycles. The van der Waals surface area contributed by atoms with E-state index >= 15 is 0 Å². The van der Waals surface area contributed by atoms with E-state index in [2.05, 4.69) is 24.9 Å². The first-order valence-corrected chi connectivity index (χ1v) is 6.44. The van der Waals surface area contributed by atoms with Gasteiger partial charge in [0.05, 0.1) is 12.2 Å². The van der Waals surface area contributed by atoms with Gasteiger partial charge < -0.3 is 10.1 Å². The minimum Gasteiger partial charge on any atom is -0.380 e. The Labute approximate surface area is 112 Å². The molecule has 3 nitrogen and oxygen atoms in total. The SMILES string of the molecule is CCCCOCCNC(=O)c1cc(S)ccc1F. The molecular weight excluding hydrogens is 253 g/mol. The molecule has 1 aromatic rings. The first kappa shape index (κ1) is 15.0. The molecule has 0 unspecified atom stereocenters. The van der Waals surface area contributed by atoms with Crippen LogP contribution < -0.4 is 5.32 Å². The first-order valence-electron chi connectivity index (χ1n) is 5.99. The van der Waals surface area contributed by atoms with Gasteiger partial charge in [0.1, 0.15) is 5.82 Å². The summed E-state index contributed by atoms with van der Waals surface area (Å²) in [7, 11) is 0. The monoisotopic (exact) mass is 271 g/mol. The maximum Gasteiger partial charge on any atom is 0.254 e. The summed E-state index contributed by atoms with van der Waals surface area (Å²) in [5, 5.41) is 2.61. The van der Waals surface area contributed by atoms with Crippen molar-refractivity contribution < 1.29 is 13.9 Å². The lowest BCUT2D eigenvalue weighted by Crippen LogP contribution is -2.28. The highest BCUT2D eigenvalue weighted by Crippen LogP contribution is 2.13. The fraction of sp³-hybridized carbons (Fsp3) is 0.462. The lowest BCUT2D eigenvalue weighted by atomic mass is 10.2. The van der Waals surface area contributed by atoms with Crippen LogP contribution in [0.1, 0.15) is 30.1 Å². The van der Waals surface area contributed by atoms with Gasteiger partial charge in [0, 0.05) is 18.0 Å². The van der Waals surface area contributed by atoms with Crippen LogP contribution in [0.25, 0.3) is 0 Å². The third-order valence-corrected chi connectivity index (χ3v) is 2.65. The minimum absolute atomic E-state index is 0.0102. The molecule has 0 aliphatic rings. The zero-order valence-corrected chi connectivity index (χ0v) is 11.3. The van der Waals surface area contributed by atoms with E-state index in [-0.39, 0.29) is 5.56 Å². The number of amides is 1. The number of carbonyl (C=O) groups is 1. The van der Waals surface area contributed by atoms with E-state index in [4.69, 9.17) is 4.74 Å². The van der Waals surface area contributed by atoms with Gasteiger partial charge in [0.15, 0.2) is 0 Å². The number of benzene rings is 1. The predicted molar refractivity (Wildman–Crippen MR) is 71.7 cm³/mol. The van der Waals surface area contributed by atoms with E-state index in [9.17, 15) is 9.18 Å². The highest BCUT2D eigenvalue weighted by molar-refractivity contribution is 7.80. The Kier molecular flexibility index (Phi) is 6.75. The van der Waals surface area contributed by atoms with Crippen molar-refractivity contribution in [2.75, 3.05) is 19.8 Å². The Balaban J connectivity index is 2.34. The molecule has 1 N–H and O–H groups in total. The van der Waals surface area contributed by atoms with Gasteiger partial charge in [-0.15, -0.1) is 12.6 Å². The van der Waals surface area contributed by atoms with Crippen LogP contribution in [0.15, 0.2) is 23.1 Å². The Bertz CT molecular complexity index is 399. The van der Waals surface area contributed by atoms with Crippen LogP contribution in [0.5, 0.6) is 0 Å². The van der Waals surface area contributed by atoms with Gasteiger partial charge in [-0.2, -0.15) is 0 Å². The van der Waals surface area contributed by atoms with Crippen molar-refractivity contribution >= 4 is 18.5 Å². The van der Waals surface area contributed by atoms with Gasteiger partial charge in [-0.05, 0) is 24.6 Å². The van der Waals surface area contributed by atoms with Crippen molar-refractivity contribution in [2.45, 2.75) is 24.7 Å². The second-order valence-corrected chi connectivity index (χ2v) is 4.40. The maximum atomic E-state index is 13.4. The fourth-order valence-corrected chi connectivity index (χ4v) is 1.57. The molecule has 0 fully saturated rings. The van der Waals surface area contributed by atoms with Crippen molar-refractivity contribution in [3.05, 3.63) is 29.6 Å². The maximum absolute atomic E-state index is 13.4. The van der Waals surface area contributed by atoms with E-state index in [0.29, 0.717) is 24.7 Å². The number of thiol groups is 1. The van der Waals surface area contributed by atoms with Crippen molar-refractivity contribution in [1.29, 1.82) is 0 Å². The molecule has 5 heteroatoms. The number of ether oxygens (including phenoxy) is 1. The van der Waals surface area contributed by atoms with Crippen LogP contribution in [0.2, 0.25) is 0 Å². The Morgan fingerprint density at radius 3 is 2.94 bits per heavy atom. The van der Waals surface area contributed by atoms with Crippen molar-refractivity contribution in [2.24, 2.45) is 0 Å². The molecule has 100 valence electrons. The van der Waals surface area contributed by atoms with Gasteiger partial charge in [-0.3, -0.25) is 4.79 Å². The second-order valence-electron chi connectivity index (χ2n) is 3.89. The summed E-state index contributed by atoms with van der Waals surface area (Å²) in [6.07, 6.45) is 2.08. The lowest BCUT2D eigenvalue weighted by molar-refractivity contribution is 0.0908. The number of halogens is 1. The Morgan fingerprint density at radius 1 is 1.44 bits per heavy atom. The number of nitrogens with one attached hydrogen (secondary N) is 1. The van der Waals surface area contributed by atoms with E-state index in [1.54, 1.807) is 0 Å². The summed E-state index contributed by atoms with van der Waals surface area (Å²) in [6.45, 7) is 3.58. The smallest absolute Gasteiger partial charge is 0.254 e. The molecule has 1 rings (SSSR count). The van der Waals surface area contributed by atoms with Crippen LogP contribution in [0.3, 0.4) is 0 Å². The zero-order valence-electron chi connectivity index (χ0n) is 10.4. The molecule has 0 spiro atoms. The zero-order chi connectivity index (χ0) is 13.4. The van der Waals surface area contributed by atoms with Crippen molar-refractivity contribution in [3.63, 3.8) is 0 Å². The normalized spacial score (nSPS) is 10.4. The van der Waals surface area contributed by atoms with E-state index in [1.165, 1.54) is 18.2 Å². The van der Waals surface area contributed by atoms with E-state index in [1.807, 2.05) is 0 Å². The van der Waals surface area contributed by atoms with Gasteiger partial charge in [-0.25, -0.2) is 4.39 Å². The topological polar surface area (TPSA) is 38.3 Å². The molecule has 0 radical (unpaired) electrons.